The Hall–Kier alpha value is -1.98. The Kier molecular flexibility index (Phi) is 4.88. The summed E-state index contributed by atoms with van der Waals surface area (Å²) in [6.07, 6.45) is 0. The third-order valence-electron chi connectivity index (χ3n) is 2.83. The minimum Gasteiger partial charge on any atom is -0.409 e. The Morgan fingerprint density at radius 3 is 2.29 bits per heavy atom. The molecule has 0 saturated heterocycles. The third kappa shape index (κ3) is 3.77. The molecular weight excluding hydrogens is 316 g/mol. The van der Waals surface area contributed by atoms with E-state index < -0.39 is 5.82 Å². The second kappa shape index (κ2) is 6.65. The second-order valence-corrected chi connectivity index (χ2v) is 5.09. The van der Waals surface area contributed by atoms with Crippen molar-refractivity contribution in [2.24, 2.45) is 10.9 Å². The fourth-order valence-corrected chi connectivity index (χ4v) is 2.35. The van der Waals surface area contributed by atoms with Crippen molar-refractivity contribution < 1.29 is 9.60 Å². The van der Waals surface area contributed by atoms with Crippen LogP contribution in [0.4, 0.5) is 10.1 Å². The zero-order valence-electron chi connectivity index (χ0n) is 10.8. The quantitative estimate of drug-likeness (QED) is 0.346. The summed E-state index contributed by atoms with van der Waals surface area (Å²) in [5, 5.41) is 15.0. The first-order valence-corrected chi connectivity index (χ1v) is 6.72. The van der Waals surface area contributed by atoms with Gasteiger partial charge in [0.05, 0.1) is 15.7 Å². The number of hydrogen-bond donors (Lipinski definition) is 3. The third-order valence-corrected chi connectivity index (χ3v) is 3.43. The number of nitrogens with one attached hydrogen (secondary N) is 1. The fourth-order valence-electron chi connectivity index (χ4n) is 1.75. The van der Waals surface area contributed by atoms with E-state index in [1.165, 1.54) is 12.1 Å². The van der Waals surface area contributed by atoms with Gasteiger partial charge in [-0.1, -0.05) is 52.6 Å². The molecule has 0 aliphatic rings. The molecule has 0 amide bonds. The monoisotopic (exact) mass is 327 g/mol. The Morgan fingerprint density at radius 1 is 1.19 bits per heavy atom. The van der Waals surface area contributed by atoms with E-state index in [-0.39, 0.29) is 15.9 Å². The van der Waals surface area contributed by atoms with Crippen molar-refractivity contribution in [2.75, 3.05) is 5.32 Å². The van der Waals surface area contributed by atoms with Crippen molar-refractivity contribution in [3.63, 3.8) is 0 Å². The van der Waals surface area contributed by atoms with Crippen molar-refractivity contribution in [3.8, 4) is 0 Å². The lowest BCUT2D eigenvalue weighted by atomic mass is 10.1. The number of halogens is 3. The van der Waals surface area contributed by atoms with Gasteiger partial charge < -0.3 is 16.3 Å². The van der Waals surface area contributed by atoms with Crippen LogP contribution < -0.4 is 11.1 Å². The topological polar surface area (TPSA) is 70.6 Å². The minimum absolute atomic E-state index is 0.0409. The molecule has 0 fully saturated rings. The molecule has 0 bridgehead atoms. The smallest absolute Gasteiger partial charge is 0.170 e. The number of hydrogen-bond acceptors (Lipinski definition) is 3. The van der Waals surface area contributed by atoms with Crippen molar-refractivity contribution in [1.82, 2.24) is 0 Å². The number of amidine groups is 1. The van der Waals surface area contributed by atoms with Gasteiger partial charge in [-0.25, -0.2) is 4.39 Å². The molecule has 7 heteroatoms. The molecule has 0 aliphatic heterocycles. The van der Waals surface area contributed by atoms with Crippen LogP contribution in [0.15, 0.2) is 41.6 Å². The molecule has 21 heavy (non-hydrogen) atoms. The van der Waals surface area contributed by atoms with Crippen LogP contribution in [0.1, 0.15) is 11.1 Å². The molecule has 4 nitrogen and oxygen atoms in total. The molecule has 2 aromatic rings. The van der Waals surface area contributed by atoms with Gasteiger partial charge in [-0.15, -0.1) is 0 Å². The van der Waals surface area contributed by atoms with Crippen LogP contribution in [0.5, 0.6) is 0 Å². The molecule has 0 unspecified atom stereocenters. The number of oxime groups is 1. The van der Waals surface area contributed by atoms with Crippen molar-refractivity contribution >= 4 is 34.7 Å². The summed E-state index contributed by atoms with van der Waals surface area (Å²) in [7, 11) is 0. The molecule has 0 atom stereocenters. The number of benzene rings is 2. The van der Waals surface area contributed by atoms with Crippen LogP contribution in [0.25, 0.3) is 0 Å². The van der Waals surface area contributed by atoms with Crippen molar-refractivity contribution in [1.29, 1.82) is 0 Å². The summed E-state index contributed by atoms with van der Waals surface area (Å²) in [6, 6.07) is 9.45. The Bertz CT molecular complexity index is 651. The first-order valence-electron chi connectivity index (χ1n) is 5.96. The highest BCUT2D eigenvalue weighted by Gasteiger charge is 2.08. The second-order valence-electron chi connectivity index (χ2n) is 4.28. The van der Waals surface area contributed by atoms with E-state index >= 15 is 0 Å². The van der Waals surface area contributed by atoms with E-state index in [9.17, 15) is 4.39 Å². The lowest BCUT2D eigenvalue weighted by Crippen LogP contribution is -2.13. The summed E-state index contributed by atoms with van der Waals surface area (Å²) in [5.41, 5.74) is 7.49. The highest BCUT2D eigenvalue weighted by atomic mass is 35.5. The molecule has 0 spiro atoms. The largest absolute Gasteiger partial charge is 0.409 e. The predicted molar refractivity (Wildman–Crippen MR) is 82.7 cm³/mol. The van der Waals surface area contributed by atoms with Crippen molar-refractivity contribution in [2.45, 2.75) is 6.54 Å². The average Bonchev–Trinajstić information content (AvgIpc) is 2.46. The highest BCUT2D eigenvalue weighted by molar-refractivity contribution is 6.39. The molecule has 2 aromatic carbocycles. The van der Waals surface area contributed by atoms with Gasteiger partial charge >= 0.3 is 0 Å². The van der Waals surface area contributed by atoms with Crippen LogP contribution in [-0.2, 0) is 6.54 Å². The first-order chi connectivity index (χ1) is 10.0. The molecule has 0 heterocycles. The van der Waals surface area contributed by atoms with Gasteiger partial charge in [-0.3, -0.25) is 0 Å². The summed E-state index contributed by atoms with van der Waals surface area (Å²) in [5.74, 6) is -0.446. The lowest BCUT2D eigenvalue weighted by molar-refractivity contribution is 0.318. The maximum absolute atomic E-state index is 13.1. The van der Waals surface area contributed by atoms with Crippen LogP contribution in [0.2, 0.25) is 10.0 Å². The lowest BCUT2D eigenvalue weighted by Gasteiger charge is -2.11. The SMILES string of the molecule is N/C(=N/O)c1ccc(CNc2c(Cl)cc(F)cc2Cl)cc1. The van der Waals surface area contributed by atoms with Gasteiger partial charge in [-0.05, 0) is 17.7 Å². The van der Waals surface area contributed by atoms with Gasteiger partial charge in [0.15, 0.2) is 5.84 Å². The summed E-state index contributed by atoms with van der Waals surface area (Å²) < 4.78 is 13.1. The predicted octanol–water partition coefficient (Wildman–Crippen LogP) is 3.84. The normalized spacial score (nSPS) is 11.5. The van der Waals surface area contributed by atoms with E-state index in [1.807, 2.05) is 12.1 Å². The molecule has 110 valence electrons. The molecule has 0 aromatic heterocycles. The van der Waals surface area contributed by atoms with E-state index in [1.54, 1.807) is 12.1 Å². The van der Waals surface area contributed by atoms with Gasteiger partial charge in [0.2, 0.25) is 0 Å². The molecule has 0 saturated carbocycles. The van der Waals surface area contributed by atoms with Gasteiger partial charge in [0, 0.05) is 12.1 Å². The number of nitrogens with zero attached hydrogens (tertiary/aromatic N) is 1. The van der Waals surface area contributed by atoms with E-state index in [4.69, 9.17) is 34.1 Å². The minimum atomic E-state index is -0.487. The molecular formula is C14H12Cl2FN3O. The number of anilines is 1. The van der Waals surface area contributed by atoms with Gasteiger partial charge in [-0.2, -0.15) is 0 Å². The summed E-state index contributed by atoms with van der Waals surface area (Å²) in [6.45, 7) is 0.446. The standard InChI is InChI=1S/C14H12Cl2FN3O/c15-11-5-10(17)6-12(16)13(11)19-7-8-1-3-9(4-2-8)14(18)20-21/h1-6,19,21H,7H2,(H2,18,20). The molecule has 4 N–H and O–H groups in total. The van der Waals surface area contributed by atoms with Crippen LogP contribution in [0, 0.1) is 5.82 Å². The van der Waals surface area contributed by atoms with Crippen molar-refractivity contribution in [3.05, 3.63) is 63.4 Å². The molecule has 0 radical (unpaired) electrons. The van der Waals surface area contributed by atoms with E-state index in [0.717, 1.165) is 5.56 Å². The van der Waals surface area contributed by atoms with Gasteiger partial charge in [0.25, 0.3) is 0 Å². The molecule has 0 aliphatic carbocycles. The number of nitrogens with two attached hydrogens (primary N) is 1. The number of rotatable bonds is 4. The Balaban J connectivity index is 2.10. The maximum atomic E-state index is 13.1. The Morgan fingerprint density at radius 2 is 1.76 bits per heavy atom. The fraction of sp³-hybridized carbons (Fsp3) is 0.0714. The zero-order chi connectivity index (χ0) is 15.4. The zero-order valence-corrected chi connectivity index (χ0v) is 12.3. The summed E-state index contributed by atoms with van der Waals surface area (Å²) >= 11 is 11.9. The van der Waals surface area contributed by atoms with E-state index in [0.29, 0.717) is 17.8 Å². The first kappa shape index (κ1) is 15.4. The van der Waals surface area contributed by atoms with Crippen LogP contribution in [0.3, 0.4) is 0 Å². The summed E-state index contributed by atoms with van der Waals surface area (Å²) in [4.78, 5) is 0. The maximum Gasteiger partial charge on any atom is 0.170 e. The van der Waals surface area contributed by atoms with Gasteiger partial charge in [0.1, 0.15) is 5.82 Å². The van der Waals surface area contributed by atoms with Crippen LogP contribution >= 0.6 is 23.2 Å². The molecule has 2 rings (SSSR count). The van der Waals surface area contributed by atoms with Crippen LogP contribution in [-0.4, -0.2) is 11.0 Å². The average molecular weight is 328 g/mol. The highest BCUT2D eigenvalue weighted by Crippen LogP contribution is 2.31. The van der Waals surface area contributed by atoms with E-state index in [2.05, 4.69) is 10.5 Å². The Labute approximate surface area is 131 Å².